The molecule has 6 heteroatoms. The molecule has 0 saturated carbocycles. The first-order chi connectivity index (χ1) is 10.9. The molecule has 0 fully saturated rings. The second-order valence-electron chi connectivity index (χ2n) is 5.94. The number of rotatable bonds is 10. The van der Waals surface area contributed by atoms with Gasteiger partial charge in [-0.2, -0.15) is 0 Å². The number of carbonyl (C=O) groups excluding carboxylic acids is 1. The molecule has 0 bridgehead atoms. The number of methoxy groups -OCH3 is 1. The molecule has 0 aliphatic carbocycles. The van der Waals surface area contributed by atoms with E-state index in [4.69, 9.17) is 14.2 Å². The Hall–Kier alpha value is -1.66. The first kappa shape index (κ1) is 19.4. The van der Waals surface area contributed by atoms with E-state index in [2.05, 4.69) is 24.1 Å². The first-order valence-corrected chi connectivity index (χ1v) is 7.94. The smallest absolute Gasteiger partial charge is 0.256 e. The number of nitrogens with one attached hydrogen (secondary N) is 1. The van der Waals surface area contributed by atoms with Crippen molar-refractivity contribution in [2.24, 2.45) is 5.92 Å². The van der Waals surface area contributed by atoms with Crippen LogP contribution < -0.4 is 10.1 Å². The van der Waals surface area contributed by atoms with Gasteiger partial charge in [-0.1, -0.05) is 13.8 Å². The Kier molecular flexibility index (Phi) is 7.98. The van der Waals surface area contributed by atoms with Crippen molar-refractivity contribution in [2.45, 2.75) is 39.7 Å². The molecule has 0 saturated heterocycles. The molecular weight excluding hydrogens is 296 g/mol. The zero-order valence-corrected chi connectivity index (χ0v) is 14.7. The molecule has 1 atom stereocenters. The van der Waals surface area contributed by atoms with Crippen LogP contribution in [0.15, 0.2) is 18.3 Å². The summed E-state index contributed by atoms with van der Waals surface area (Å²) in [6, 6.07) is 3.47. The molecule has 130 valence electrons. The highest BCUT2D eigenvalue weighted by Gasteiger charge is 2.34. The second-order valence-corrected chi connectivity index (χ2v) is 5.94. The normalized spacial score (nSPS) is 13.7. The van der Waals surface area contributed by atoms with E-state index in [1.807, 2.05) is 13.8 Å². The summed E-state index contributed by atoms with van der Waals surface area (Å²) < 4.78 is 16.0. The van der Waals surface area contributed by atoms with E-state index < -0.39 is 5.60 Å². The minimum absolute atomic E-state index is 0.164. The second kappa shape index (κ2) is 9.47. The fraction of sp³-hybridized carbons (Fsp3) is 0.647. The topological polar surface area (TPSA) is 69.7 Å². The molecule has 1 rings (SSSR count). The van der Waals surface area contributed by atoms with E-state index in [-0.39, 0.29) is 5.91 Å². The van der Waals surface area contributed by atoms with E-state index in [1.165, 1.54) is 0 Å². The van der Waals surface area contributed by atoms with Gasteiger partial charge in [-0.15, -0.1) is 0 Å². The number of anilines is 1. The van der Waals surface area contributed by atoms with Gasteiger partial charge in [0, 0.05) is 19.8 Å². The van der Waals surface area contributed by atoms with Crippen molar-refractivity contribution in [1.29, 1.82) is 0 Å². The van der Waals surface area contributed by atoms with Crippen LogP contribution in [0, 0.1) is 5.92 Å². The minimum atomic E-state index is -0.851. The van der Waals surface area contributed by atoms with Gasteiger partial charge in [-0.05, 0) is 32.3 Å². The van der Waals surface area contributed by atoms with Gasteiger partial charge in [0.15, 0.2) is 0 Å². The molecule has 1 aromatic heterocycles. The van der Waals surface area contributed by atoms with E-state index in [0.717, 1.165) is 0 Å². The van der Waals surface area contributed by atoms with Crippen molar-refractivity contribution in [3.63, 3.8) is 0 Å². The molecule has 0 aromatic carbocycles. The van der Waals surface area contributed by atoms with Crippen LogP contribution in [0.4, 0.5) is 5.69 Å². The van der Waals surface area contributed by atoms with Crippen LogP contribution in [-0.2, 0) is 14.3 Å². The molecule has 0 unspecified atom stereocenters. The highest BCUT2D eigenvalue weighted by Crippen LogP contribution is 2.23. The Bertz CT molecular complexity index is 476. The highest BCUT2D eigenvalue weighted by molar-refractivity contribution is 5.96. The summed E-state index contributed by atoms with van der Waals surface area (Å²) in [5, 5.41) is 2.86. The summed E-state index contributed by atoms with van der Waals surface area (Å²) in [5.41, 5.74) is -0.236. The molecule has 1 aromatic rings. The monoisotopic (exact) mass is 324 g/mol. The quantitative estimate of drug-likeness (QED) is 0.670. The molecule has 0 radical (unpaired) electrons. The zero-order chi connectivity index (χ0) is 17.3. The molecule has 1 N–H and O–H groups in total. The van der Waals surface area contributed by atoms with Crippen molar-refractivity contribution in [3.05, 3.63) is 18.3 Å². The molecule has 0 spiro atoms. The Morgan fingerprint density at radius 2 is 2.09 bits per heavy atom. The Morgan fingerprint density at radius 1 is 1.35 bits per heavy atom. The number of carbonyl (C=O) groups is 1. The number of hydrogen-bond donors (Lipinski definition) is 1. The van der Waals surface area contributed by atoms with E-state index in [1.54, 1.807) is 25.4 Å². The lowest BCUT2D eigenvalue weighted by molar-refractivity contribution is -0.140. The number of hydrogen-bond acceptors (Lipinski definition) is 5. The third-order valence-electron chi connectivity index (χ3n) is 3.27. The largest absolute Gasteiger partial charge is 0.475 e. The zero-order valence-electron chi connectivity index (χ0n) is 14.7. The summed E-state index contributed by atoms with van der Waals surface area (Å²) >= 11 is 0. The van der Waals surface area contributed by atoms with Crippen LogP contribution in [-0.4, -0.2) is 43.4 Å². The fourth-order valence-electron chi connectivity index (χ4n) is 2.35. The van der Waals surface area contributed by atoms with Crippen molar-refractivity contribution in [2.75, 3.05) is 32.2 Å². The van der Waals surface area contributed by atoms with Gasteiger partial charge in [-0.25, -0.2) is 4.98 Å². The minimum Gasteiger partial charge on any atom is -0.475 e. The lowest BCUT2D eigenvalue weighted by Crippen LogP contribution is -2.44. The van der Waals surface area contributed by atoms with Gasteiger partial charge in [0.05, 0.1) is 18.5 Å². The van der Waals surface area contributed by atoms with Crippen LogP contribution in [0.1, 0.15) is 34.1 Å². The summed E-state index contributed by atoms with van der Waals surface area (Å²) in [6.45, 7) is 9.27. The molecule has 23 heavy (non-hydrogen) atoms. The predicted octanol–water partition coefficient (Wildman–Crippen LogP) is 2.89. The number of ether oxygens (including phenoxy) is 3. The Labute approximate surface area is 138 Å². The van der Waals surface area contributed by atoms with Crippen LogP contribution in [0.3, 0.4) is 0 Å². The average molecular weight is 324 g/mol. The predicted molar refractivity (Wildman–Crippen MR) is 89.7 cm³/mol. The van der Waals surface area contributed by atoms with Gasteiger partial charge in [0.25, 0.3) is 5.91 Å². The van der Waals surface area contributed by atoms with Gasteiger partial charge in [0.1, 0.15) is 12.2 Å². The standard InChI is InChI=1S/C17H28N2O4/c1-6-23-17(4,11-13(2)3)16(20)19-14-7-8-15(18-12-14)22-10-9-21-5/h7-8,12-13H,6,9-11H2,1-5H3,(H,19,20)/t17-/m0/s1. The summed E-state index contributed by atoms with van der Waals surface area (Å²) in [6.07, 6.45) is 2.22. The van der Waals surface area contributed by atoms with Crippen molar-refractivity contribution in [3.8, 4) is 5.88 Å². The molecule has 0 aliphatic rings. The highest BCUT2D eigenvalue weighted by atomic mass is 16.5. The van der Waals surface area contributed by atoms with E-state index in [0.29, 0.717) is 43.7 Å². The van der Waals surface area contributed by atoms with Crippen LogP contribution in [0.25, 0.3) is 0 Å². The number of amides is 1. The lowest BCUT2D eigenvalue weighted by atomic mass is 9.93. The maximum absolute atomic E-state index is 12.5. The van der Waals surface area contributed by atoms with Crippen molar-refractivity contribution < 1.29 is 19.0 Å². The van der Waals surface area contributed by atoms with Crippen LogP contribution >= 0.6 is 0 Å². The number of aromatic nitrogens is 1. The summed E-state index contributed by atoms with van der Waals surface area (Å²) in [7, 11) is 1.61. The number of nitrogens with zero attached hydrogens (tertiary/aromatic N) is 1. The molecular formula is C17H28N2O4. The molecule has 0 aliphatic heterocycles. The average Bonchev–Trinajstić information content (AvgIpc) is 2.48. The Morgan fingerprint density at radius 3 is 2.61 bits per heavy atom. The van der Waals surface area contributed by atoms with Gasteiger partial charge < -0.3 is 19.5 Å². The van der Waals surface area contributed by atoms with E-state index >= 15 is 0 Å². The third kappa shape index (κ3) is 6.54. The maximum atomic E-state index is 12.5. The maximum Gasteiger partial charge on any atom is 0.256 e. The fourth-order valence-corrected chi connectivity index (χ4v) is 2.35. The van der Waals surface area contributed by atoms with Crippen molar-refractivity contribution in [1.82, 2.24) is 4.98 Å². The third-order valence-corrected chi connectivity index (χ3v) is 3.27. The van der Waals surface area contributed by atoms with E-state index in [9.17, 15) is 4.79 Å². The van der Waals surface area contributed by atoms with Crippen LogP contribution in [0.2, 0.25) is 0 Å². The number of pyridine rings is 1. The molecule has 1 heterocycles. The van der Waals surface area contributed by atoms with Gasteiger partial charge >= 0.3 is 0 Å². The Balaban J connectivity index is 2.67. The SMILES string of the molecule is CCO[C@@](C)(CC(C)C)C(=O)Nc1ccc(OCCOC)nc1. The summed E-state index contributed by atoms with van der Waals surface area (Å²) in [5.74, 6) is 0.685. The van der Waals surface area contributed by atoms with Crippen molar-refractivity contribution >= 4 is 11.6 Å². The molecule has 1 amide bonds. The first-order valence-electron chi connectivity index (χ1n) is 7.94. The van der Waals surface area contributed by atoms with Gasteiger partial charge in [-0.3, -0.25) is 4.79 Å². The van der Waals surface area contributed by atoms with Gasteiger partial charge in [0.2, 0.25) is 5.88 Å². The molecule has 6 nitrogen and oxygen atoms in total. The lowest BCUT2D eigenvalue weighted by Gasteiger charge is -2.29. The van der Waals surface area contributed by atoms with Crippen LogP contribution in [0.5, 0.6) is 5.88 Å². The summed E-state index contributed by atoms with van der Waals surface area (Å²) in [4.78, 5) is 16.7.